The number of hydrogen-bond donors (Lipinski definition) is 3. The van der Waals surface area contributed by atoms with Crippen LogP contribution in [-0.4, -0.2) is 96.7 Å². The smallest absolute Gasteiger partial charge is 0.462 e. The normalized spacial score (nSPS) is 13.9. The minimum atomic E-state index is -4.96. The first-order chi connectivity index (χ1) is 47.0. The molecule has 576 valence electrons. The molecule has 0 aromatic rings. The van der Waals surface area contributed by atoms with Gasteiger partial charge in [0.05, 0.1) is 26.4 Å². The Balaban J connectivity index is 5.25. The van der Waals surface area contributed by atoms with Gasteiger partial charge in [0.1, 0.15) is 19.3 Å². The molecule has 0 bridgehead atoms. The predicted molar refractivity (Wildman–Crippen MR) is 395 cm³/mol. The van der Waals surface area contributed by atoms with E-state index in [9.17, 15) is 43.2 Å². The minimum absolute atomic E-state index is 0.108. The molecule has 0 radical (unpaired) electrons. The fourth-order valence-electron chi connectivity index (χ4n) is 12.1. The molecule has 2 unspecified atom stereocenters. The third-order valence-electron chi connectivity index (χ3n) is 18.3. The van der Waals surface area contributed by atoms with E-state index in [0.29, 0.717) is 25.7 Å². The molecule has 0 aliphatic heterocycles. The van der Waals surface area contributed by atoms with Gasteiger partial charge >= 0.3 is 39.5 Å². The van der Waals surface area contributed by atoms with Crippen molar-refractivity contribution in [3.05, 3.63) is 0 Å². The number of phosphoric ester groups is 2. The zero-order valence-corrected chi connectivity index (χ0v) is 65.0. The Bertz CT molecular complexity index is 1860. The highest BCUT2D eigenvalue weighted by Crippen LogP contribution is 2.45. The minimum Gasteiger partial charge on any atom is -0.462 e. The van der Waals surface area contributed by atoms with Gasteiger partial charge in [0.15, 0.2) is 12.2 Å². The fourth-order valence-corrected chi connectivity index (χ4v) is 13.6. The molecule has 0 aromatic carbocycles. The predicted octanol–water partition coefficient (Wildman–Crippen LogP) is 23.3. The van der Waals surface area contributed by atoms with E-state index in [0.717, 1.165) is 95.8 Å². The highest BCUT2D eigenvalue weighted by Gasteiger charge is 2.30. The SMILES string of the molecule is CCCCCCCCCCCCCCCCCCCC(=O)O[C@H](COC(=O)CCCCCCCCCCCCCCCC(C)C)COP(=O)(O)OC[C@@H](O)COP(=O)(O)OC[C@@H](COC(=O)CCCCCCCCCCCCCC)OC(=O)CCCCCCCCCCCCCC. The van der Waals surface area contributed by atoms with Crippen LogP contribution in [0.4, 0.5) is 0 Å². The summed E-state index contributed by atoms with van der Waals surface area (Å²) in [6, 6.07) is 0. The fraction of sp³-hybridized carbons (Fsp3) is 0.949. The Kier molecular flexibility index (Phi) is 69.6. The lowest BCUT2D eigenvalue weighted by molar-refractivity contribution is -0.161. The average Bonchev–Trinajstić information content (AvgIpc) is 2.07. The summed E-state index contributed by atoms with van der Waals surface area (Å²) in [4.78, 5) is 72.9. The maximum atomic E-state index is 13.1. The summed E-state index contributed by atoms with van der Waals surface area (Å²) in [5.41, 5.74) is 0. The van der Waals surface area contributed by atoms with Crippen molar-refractivity contribution in [3.8, 4) is 0 Å². The standard InChI is InChI=1S/C78H152O17P2/c1-6-9-12-15-18-21-24-27-28-29-30-33-39-44-49-54-59-64-78(83)95-74(68-89-76(81)62-57-52-47-42-38-34-31-32-35-40-45-50-55-60-71(4)5)70-93-97(86,87)91-66-72(79)65-90-96(84,85)92-69-73(94-77(82)63-58-53-48-43-37-26-23-20-17-14-11-8-3)67-88-75(80)61-56-51-46-41-36-25-22-19-16-13-10-7-2/h71-74,79H,6-70H2,1-5H3,(H,84,85)(H,86,87)/t72-,73+,74+/m0/s1. The van der Waals surface area contributed by atoms with Crippen molar-refractivity contribution in [2.45, 2.75) is 432 Å². The monoisotopic (exact) mass is 1420 g/mol. The van der Waals surface area contributed by atoms with E-state index < -0.39 is 97.5 Å². The molecule has 0 aromatic heterocycles. The molecule has 0 heterocycles. The van der Waals surface area contributed by atoms with Crippen molar-refractivity contribution < 1.29 is 80.2 Å². The van der Waals surface area contributed by atoms with E-state index in [-0.39, 0.29) is 25.7 Å². The molecular formula is C78H152O17P2. The first-order valence-corrected chi connectivity index (χ1v) is 43.6. The van der Waals surface area contributed by atoms with E-state index in [4.69, 9.17) is 37.0 Å². The highest BCUT2D eigenvalue weighted by atomic mass is 31.2. The molecule has 0 aliphatic rings. The van der Waals surface area contributed by atoms with Crippen molar-refractivity contribution in [3.63, 3.8) is 0 Å². The second kappa shape index (κ2) is 71.1. The van der Waals surface area contributed by atoms with E-state index in [1.165, 1.54) is 238 Å². The van der Waals surface area contributed by atoms with Crippen molar-refractivity contribution in [2.24, 2.45) is 5.92 Å². The third kappa shape index (κ3) is 72.2. The molecule has 17 nitrogen and oxygen atoms in total. The average molecular weight is 1420 g/mol. The number of aliphatic hydroxyl groups is 1. The molecule has 0 saturated heterocycles. The largest absolute Gasteiger partial charge is 0.472 e. The number of aliphatic hydroxyl groups excluding tert-OH is 1. The summed E-state index contributed by atoms with van der Waals surface area (Å²) in [7, 11) is -9.91. The number of hydrogen-bond acceptors (Lipinski definition) is 15. The summed E-state index contributed by atoms with van der Waals surface area (Å²) in [5, 5.41) is 10.6. The molecular weight excluding hydrogens is 1270 g/mol. The van der Waals surface area contributed by atoms with Crippen LogP contribution in [0.5, 0.6) is 0 Å². The van der Waals surface area contributed by atoms with E-state index in [2.05, 4.69) is 34.6 Å². The van der Waals surface area contributed by atoms with Crippen LogP contribution < -0.4 is 0 Å². The van der Waals surface area contributed by atoms with Gasteiger partial charge in [-0.05, 0) is 31.6 Å². The van der Waals surface area contributed by atoms with E-state index >= 15 is 0 Å². The molecule has 0 aliphatic carbocycles. The van der Waals surface area contributed by atoms with Crippen LogP contribution in [-0.2, 0) is 65.4 Å². The highest BCUT2D eigenvalue weighted by molar-refractivity contribution is 7.47. The van der Waals surface area contributed by atoms with Gasteiger partial charge in [-0.15, -0.1) is 0 Å². The number of phosphoric acid groups is 2. The molecule has 19 heteroatoms. The van der Waals surface area contributed by atoms with Crippen molar-refractivity contribution in [1.29, 1.82) is 0 Å². The summed E-state index contributed by atoms with van der Waals surface area (Å²) >= 11 is 0. The van der Waals surface area contributed by atoms with Crippen LogP contribution in [0.1, 0.15) is 413 Å². The zero-order valence-electron chi connectivity index (χ0n) is 63.2. The third-order valence-corrected chi connectivity index (χ3v) is 20.2. The summed E-state index contributed by atoms with van der Waals surface area (Å²) in [6.07, 6.45) is 60.8. The second-order valence-electron chi connectivity index (χ2n) is 28.6. The molecule has 0 amide bonds. The second-order valence-corrected chi connectivity index (χ2v) is 31.5. The quantitative estimate of drug-likeness (QED) is 0.0222. The molecule has 0 saturated carbocycles. The topological polar surface area (TPSA) is 237 Å². The van der Waals surface area contributed by atoms with Gasteiger partial charge in [-0.1, -0.05) is 362 Å². The van der Waals surface area contributed by atoms with Gasteiger partial charge in [0.25, 0.3) is 0 Å². The van der Waals surface area contributed by atoms with Crippen LogP contribution in [0.15, 0.2) is 0 Å². The van der Waals surface area contributed by atoms with Crippen LogP contribution in [0.3, 0.4) is 0 Å². The Morgan fingerprint density at radius 1 is 0.278 bits per heavy atom. The Morgan fingerprint density at radius 3 is 0.701 bits per heavy atom. The summed E-state index contributed by atoms with van der Waals surface area (Å²) in [5.74, 6) is -1.32. The van der Waals surface area contributed by atoms with Crippen molar-refractivity contribution >= 4 is 39.5 Å². The first-order valence-electron chi connectivity index (χ1n) is 40.6. The number of ether oxygens (including phenoxy) is 4. The van der Waals surface area contributed by atoms with Gasteiger partial charge < -0.3 is 33.8 Å². The Hall–Kier alpha value is -1.94. The summed E-state index contributed by atoms with van der Waals surface area (Å²) < 4.78 is 68.6. The van der Waals surface area contributed by atoms with Crippen molar-refractivity contribution in [2.75, 3.05) is 39.6 Å². The number of carbonyl (C=O) groups excluding carboxylic acids is 4. The van der Waals surface area contributed by atoms with Gasteiger partial charge in [-0.2, -0.15) is 0 Å². The van der Waals surface area contributed by atoms with Gasteiger partial charge in [-0.25, -0.2) is 9.13 Å². The van der Waals surface area contributed by atoms with Crippen LogP contribution in [0.25, 0.3) is 0 Å². The molecule has 0 rings (SSSR count). The number of unbranched alkanes of at least 4 members (excludes halogenated alkanes) is 50. The lowest BCUT2D eigenvalue weighted by atomic mass is 10.0. The molecule has 0 spiro atoms. The number of esters is 4. The van der Waals surface area contributed by atoms with Gasteiger partial charge in [-0.3, -0.25) is 37.3 Å². The summed E-state index contributed by atoms with van der Waals surface area (Å²) in [6.45, 7) is 7.33. The lowest BCUT2D eigenvalue weighted by Crippen LogP contribution is -2.30. The molecule has 5 atom stereocenters. The van der Waals surface area contributed by atoms with Gasteiger partial charge in [0.2, 0.25) is 0 Å². The Morgan fingerprint density at radius 2 is 0.474 bits per heavy atom. The molecule has 97 heavy (non-hydrogen) atoms. The van der Waals surface area contributed by atoms with E-state index in [1.807, 2.05) is 0 Å². The number of rotatable bonds is 78. The zero-order chi connectivity index (χ0) is 71.2. The van der Waals surface area contributed by atoms with Crippen molar-refractivity contribution in [1.82, 2.24) is 0 Å². The lowest BCUT2D eigenvalue weighted by Gasteiger charge is -2.21. The number of carbonyl (C=O) groups is 4. The molecule has 3 N–H and O–H groups in total. The van der Waals surface area contributed by atoms with Crippen LogP contribution in [0, 0.1) is 5.92 Å². The van der Waals surface area contributed by atoms with E-state index in [1.54, 1.807) is 0 Å². The Labute approximate surface area is 594 Å². The van der Waals surface area contributed by atoms with Gasteiger partial charge in [0, 0.05) is 25.7 Å². The molecule has 0 fully saturated rings. The maximum absolute atomic E-state index is 13.1. The maximum Gasteiger partial charge on any atom is 0.472 e. The first kappa shape index (κ1) is 95.1. The van der Waals surface area contributed by atoms with Crippen LogP contribution in [0.2, 0.25) is 0 Å². The van der Waals surface area contributed by atoms with Crippen LogP contribution >= 0.6 is 15.6 Å².